The van der Waals surface area contributed by atoms with Crippen molar-refractivity contribution < 1.29 is 36.2 Å². The summed E-state index contributed by atoms with van der Waals surface area (Å²) in [5.41, 5.74) is -1.34. The van der Waals surface area contributed by atoms with Crippen LogP contribution in [0.2, 0.25) is 0 Å². The highest BCUT2D eigenvalue weighted by molar-refractivity contribution is 7.89. The van der Waals surface area contributed by atoms with Gasteiger partial charge in [0.1, 0.15) is 24.2 Å². The van der Waals surface area contributed by atoms with Gasteiger partial charge in [-0.15, -0.1) is 0 Å². The van der Waals surface area contributed by atoms with E-state index in [1.807, 2.05) is 0 Å². The minimum atomic E-state index is -4.52. The summed E-state index contributed by atoms with van der Waals surface area (Å²) in [6.45, 7) is 1.64. The van der Waals surface area contributed by atoms with Gasteiger partial charge >= 0.3 is 6.18 Å². The molecule has 3 heterocycles. The molecule has 0 unspecified atom stereocenters. The third kappa shape index (κ3) is 6.87. The molecule has 2 saturated heterocycles. The van der Waals surface area contributed by atoms with Crippen LogP contribution in [0.1, 0.15) is 25.0 Å². The van der Waals surface area contributed by atoms with Crippen molar-refractivity contribution in [2.24, 2.45) is 0 Å². The van der Waals surface area contributed by atoms with Crippen molar-refractivity contribution in [3.8, 4) is 5.75 Å². The summed E-state index contributed by atoms with van der Waals surface area (Å²) in [6, 6.07) is 6.87. The third-order valence-corrected chi connectivity index (χ3v) is 7.98. The van der Waals surface area contributed by atoms with Gasteiger partial charge in [0.05, 0.1) is 17.1 Å². The topological polar surface area (TPSA) is 126 Å². The average Bonchev–Trinajstić information content (AvgIpc) is 3.28. The molecule has 0 aliphatic carbocycles. The SMILES string of the molecule is CNS(=O)(=O)c1cccc(OC[C@@H](O)CN[C@H]2COC3(CCN(c4nccc(C(F)(F)F)n4)CC3)C2)c1. The Kier molecular flexibility index (Phi) is 8.23. The highest BCUT2D eigenvalue weighted by Gasteiger charge is 2.43. The van der Waals surface area contributed by atoms with Crippen molar-refractivity contribution in [2.75, 3.05) is 44.8 Å². The Bertz CT molecular complexity index is 1180. The lowest BCUT2D eigenvalue weighted by Crippen LogP contribution is -2.46. The number of rotatable bonds is 9. The first-order valence-corrected chi connectivity index (χ1v) is 13.3. The average molecular weight is 546 g/mol. The van der Waals surface area contributed by atoms with Gasteiger partial charge in [0.25, 0.3) is 0 Å². The van der Waals surface area contributed by atoms with Crippen molar-refractivity contribution in [1.29, 1.82) is 0 Å². The smallest absolute Gasteiger partial charge is 0.433 e. The number of hydrogen-bond donors (Lipinski definition) is 3. The van der Waals surface area contributed by atoms with Gasteiger partial charge in [0.2, 0.25) is 16.0 Å². The number of nitrogens with one attached hydrogen (secondary N) is 2. The molecule has 0 saturated carbocycles. The summed E-state index contributed by atoms with van der Waals surface area (Å²) in [5.74, 6) is 0.393. The van der Waals surface area contributed by atoms with E-state index in [9.17, 15) is 26.7 Å². The molecule has 2 aromatic rings. The minimum Gasteiger partial charge on any atom is -0.491 e. The fourth-order valence-corrected chi connectivity index (χ4v) is 5.26. The van der Waals surface area contributed by atoms with E-state index in [1.54, 1.807) is 17.0 Å². The number of ether oxygens (including phenoxy) is 2. The molecule has 204 valence electrons. The summed E-state index contributed by atoms with van der Waals surface area (Å²) >= 11 is 0. The maximum Gasteiger partial charge on any atom is 0.433 e. The van der Waals surface area contributed by atoms with E-state index in [2.05, 4.69) is 20.0 Å². The van der Waals surface area contributed by atoms with E-state index in [-0.39, 0.29) is 35.6 Å². The number of hydrogen-bond acceptors (Lipinski definition) is 9. The number of piperidine rings is 1. The van der Waals surface area contributed by atoms with Crippen LogP contribution in [0.15, 0.2) is 41.4 Å². The first-order chi connectivity index (χ1) is 17.5. The molecule has 2 aliphatic rings. The second kappa shape index (κ2) is 11.1. The molecule has 0 amide bonds. The first-order valence-electron chi connectivity index (χ1n) is 11.9. The molecular formula is C23H30F3N5O5S. The number of halogens is 3. The zero-order chi connectivity index (χ0) is 26.7. The van der Waals surface area contributed by atoms with Gasteiger partial charge in [-0.2, -0.15) is 13.2 Å². The van der Waals surface area contributed by atoms with Crippen LogP contribution >= 0.6 is 0 Å². The fourth-order valence-electron chi connectivity index (χ4n) is 4.50. The lowest BCUT2D eigenvalue weighted by molar-refractivity contribution is -0.141. The summed E-state index contributed by atoms with van der Waals surface area (Å²) in [7, 11) is -2.27. The maximum atomic E-state index is 13.0. The molecule has 3 N–H and O–H groups in total. The number of aliphatic hydroxyl groups is 1. The van der Waals surface area contributed by atoms with Crippen molar-refractivity contribution >= 4 is 16.0 Å². The Morgan fingerprint density at radius 2 is 2.05 bits per heavy atom. The minimum absolute atomic E-state index is 0.00936. The van der Waals surface area contributed by atoms with Gasteiger partial charge in [0, 0.05) is 37.9 Å². The summed E-state index contributed by atoms with van der Waals surface area (Å²) in [4.78, 5) is 9.48. The molecule has 10 nitrogen and oxygen atoms in total. The van der Waals surface area contributed by atoms with Crippen LogP contribution < -0.4 is 19.7 Å². The Morgan fingerprint density at radius 1 is 1.30 bits per heavy atom. The largest absolute Gasteiger partial charge is 0.491 e. The molecule has 2 aliphatic heterocycles. The van der Waals surface area contributed by atoms with Gasteiger partial charge in [-0.1, -0.05) is 6.07 Å². The van der Waals surface area contributed by atoms with Crippen molar-refractivity contribution in [3.63, 3.8) is 0 Å². The number of aromatic nitrogens is 2. The predicted octanol–water partition coefficient (Wildman–Crippen LogP) is 1.56. The molecule has 2 atom stereocenters. The van der Waals surface area contributed by atoms with Crippen LogP contribution in [-0.4, -0.2) is 81.1 Å². The molecule has 4 rings (SSSR count). The molecular weight excluding hydrogens is 515 g/mol. The summed E-state index contributed by atoms with van der Waals surface area (Å²) in [6.07, 6.45) is -2.26. The van der Waals surface area contributed by atoms with E-state index < -0.39 is 28.0 Å². The van der Waals surface area contributed by atoms with Crippen molar-refractivity contribution in [3.05, 3.63) is 42.2 Å². The van der Waals surface area contributed by atoms with Crippen LogP contribution in [0.3, 0.4) is 0 Å². The Hall–Kier alpha value is -2.52. The molecule has 1 aromatic heterocycles. The van der Waals surface area contributed by atoms with Gasteiger partial charge in [0.15, 0.2) is 0 Å². The lowest BCUT2D eigenvalue weighted by Gasteiger charge is -2.38. The van der Waals surface area contributed by atoms with Gasteiger partial charge in [-0.05, 0) is 44.5 Å². The second-order valence-corrected chi connectivity index (χ2v) is 11.1. The third-order valence-electron chi connectivity index (χ3n) is 6.57. The maximum absolute atomic E-state index is 13.0. The molecule has 37 heavy (non-hydrogen) atoms. The van der Waals surface area contributed by atoms with E-state index in [0.717, 1.165) is 12.3 Å². The molecule has 1 spiro atoms. The van der Waals surface area contributed by atoms with Crippen LogP contribution in [0, 0.1) is 0 Å². The predicted molar refractivity (Wildman–Crippen MR) is 128 cm³/mol. The molecule has 0 bridgehead atoms. The Labute approximate surface area is 213 Å². The quantitative estimate of drug-likeness (QED) is 0.430. The Morgan fingerprint density at radius 3 is 2.76 bits per heavy atom. The number of nitrogens with zero attached hydrogens (tertiary/aromatic N) is 3. The van der Waals surface area contributed by atoms with Crippen LogP contribution in [0.5, 0.6) is 5.75 Å². The highest BCUT2D eigenvalue weighted by Crippen LogP contribution is 2.37. The van der Waals surface area contributed by atoms with Gasteiger partial charge < -0.3 is 24.8 Å². The summed E-state index contributed by atoms with van der Waals surface area (Å²) in [5, 5.41) is 13.6. The molecule has 0 radical (unpaired) electrons. The van der Waals surface area contributed by atoms with Crippen LogP contribution in [0.25, 0.3) is 0 Å². The molecule has 2 fully saturated rings. The highest BCUT2D eigenvalue weighted by atomic mass is 32.2. The number of aliphatic hydroxyl groups excluding tert-OH is 1. The number of benzene rings is 1. The van der Waals surface area contributed by atoms with Crippen molar-refractivity contribution in [2.45, 2.75) is 48.1 Å². The first kappa shape index (κ1) is 27.5. The lowest BCUT2D eigenvalue weighted by atomic mass is 9.87. The number of alkyl halides is 3. The normalized spacial score (nSPS) is 20.8. The van der Waals surface area contributed by atoms with E-state index in [1.165, 1.54) is 19.2 Å². The van der Waals surface area contributed by atoms with Gasteiger partial charge in [-0.25, -0.2) is 23.1 Å². The summed E-state index contributed by atoms with van der Waals surface area (Å²) < 4.78 is 76.6. The monoisotopic (exact) mass is 545 g/mol. The van der Waals surface area contributed by atoms with E-state index in [0.29, 0.717) is 44.7 Å². The number of sulfonamides is 1. The molecule has 1 aromatic carbocycles. The van der Waals surface area contributed by atoms with E-state index in [4.69, 9.17) is 9.47 Å². The standard InChI is InChI=1S/C23H30F3N5O5S/c1-27-37(33,34)19-4-2-3-18(11-19)35-15-17(32)13-29-16-12-22(36-14-16)6-9-31(10-7-22)21-28-8-5-20(30-21)23(24,25)26/h2-5,8,11,16-17,27,29,32H,6-7,9-10,12-15H2,1H3/t16-,17+/m1/s1. The second-order valence-electron chi connectivity index (χ2n) is 9.18. The zero-order valence-corrected chi connectivity index (χ0v) is 21.1. The zero-order valence-electron chi connectivity index (χ0n) is 20.2. The van der Waals surface area contributed by atoms with Crippen LogP contribution in [0.4, 0.5) is 19.1 Å². The fraction of sp³-hybridized carbons (Fsp3) is 0.565. The van der Waals surface area contributed by atoms with Crippen molar-refractivity contribution in [1.82, 2.24) is 20.0 Å². The van der Waals surface area contributed by atoms with Crippen LogP contribution in [-0.2, 0) is 20.9 Å². The van der Waals surface area contributed by atoms with E-state index >= 15 is 0 Å². The number of anilines is 1. The van der Waals surface area contributed by atoms with Gasteiger partial charge in [-0.3, -0.25) is 0 Å². The Balaban J connectivity index is 1.22. The molecule has 14 heteroatoms.